The maximum atomic E-state index is 11.4. The summed E-state index contributed by atoms with van der Waals surface area (Å²) in [4.78, 5) is 13.2. The molecule has 0 bridgehead atoms. The minimum absolute atomic E-state index is 0.0337. The molecule has 0 aromatic heterocycles. The second-order valence-electron chi connectivity index (χ2n) is 3.31. The van der Waals surface area contributed by atoms with E-state index in [0.29, 0.717) is 0 Å². The van der Waals surface area contributed by atoms with Crippen LogP contribution in [0.4, 0.5) is 0 Å². The minimum Gasteiger partial charge on any atom is -0.344 e. The first-order valence-corrected chi connectivity index (χ1v) is 5.90. The summed E-state index contributed by atoms with van der Waals surface area (Å²) in [6.45, 7) is 1.73. The molecule has 1 rings (SSSR count). The van der Waals surface area contributed by atoms with Crippen LogP contribution in [-0.4, -0.2) is 48.5 Å². The van der Waals surface area contributed by atoms with Gasteiger partial charge in [0.15, 0.2) is 0 Å². The Hall–Kier alpha value is -0.660. The van der Waals surface area contributed by atoms with Crippen molar-refractivity contribution in [1.29, 1.82) is 0 Å². The normalized spacial score (nSPS) is 21.3. The topological polar surface area (TPSA) is 32.3 Å². The van der Waals surface area contributed by atoms with Gasteiger partial charge in [0.25, 0.3) is 0 Å². The molecule has 0 aromatic rings. The van der Waals surface area contributed by atoms with Gasteiger partial charge >= 0.3 is 0 Å². The molecular weight excluding hydrogens is 196 g/mol. The average Bonchev–Trinajstić information content (AvgIpc) is 2.49. The van der Waals surface area contributed by atoms with Crippen LogP contribution in [0.3, 0.4) is 0 Å². The zero-order valence-electron chi connectivity index (χ0n) is 8.45. The zero-order valence-corrected chi connectivity index (χ0v) is 9.27. The van der Waals surface area contributed by atoms with Crippen LogP contribution in [0.15, 0.2) is 0 Å². The van der Waals surface area contributed by atoms with Gasteiger partial charge in [0.1, 0.15) is 0 Å². The van der Waals surface area contributed by atoms with E-state index in [2.05, 4.69) is 11.2 Å². The number of nitrogens with zero attached hydrogens (tertiary/aromatic N) is 1. The van der Waals surface area contributed by atoms with E-state index in [0.717, 1.165) is 31.0 Å². The summed E-state index contributed by atoms with van der Waals surface area (Å²) in [7, 11) is 1.84. The molecule has 0 aromatic carbocycles. The molecule has 1 unspecified atom stereocenters. The van der Waals surface area contributed by atoms with E-state index in [1.54, 1.807) is 16.7 Å². The molecule has 0 radical (unpaired) electrons. The Labute approximate surface area is 89.6 Å². The molecule has 78 valence electrons. The Bertz CT molecular complexity index is 237. The third-order valence-corrected chi connectivity index (χ3v) is 3.11. The molecule has 1 amide bonds. The van der Waals surface area contributed by atoms with Gasteiger partial charge in [0.05, 0.1) is 11.8 Å². The number of likely N-dealkylation sites (N-methyl/N-ethyl adjacent to an activating group) is 1. The predicted octanol–water partition coefficient (Wildman–Crippen LogP) is 0.173. The van der Waals surface area contributed by atoms with E-state index >= 15 is 0 Å². The maximum Gasteiger partial charge on any atom is 0.239 e. The fourth-order valence-electron chi connectivity index (χ4n) is 1.45. The summed E-state index contributed by atoms with van der Waals surface area (Å²) in [6, 6.07) is 0.0337. The number of rotatable bonds is 5. The second kappa shape index (κ2) is 5.94. The molecule has 1 aliphatic rings. The van der Waals surface area contributed by atoms with Crippen molar-refractivity contribution in [2.24, 2.45) is 0 Å². The van der Waals surface area contributed by atoms with E-state index in [9.17, 15) is 4.79 Å². The number of hydrogen-bond acceptors (Lipinski definition) is 3. The van der Waals surface area contributed by atoms with E-state index in [-0.39, 0.29) is 11.9 Å². The number of carbonyl (C=O) groups excluding carboxylic acids is 1. The number of terminal acetylenes is 1. The predicted molar refractivity (Wildman–Crippen MR) is 60.2 cm³/mol. The lowest BCUT2D eigenvalue weighted by Crippen LogP contribution is -2.37. The Kier molecular flexibility index (Phi) is 4.85. The lowest BCUT2D eigenvalue weighted by molar-refractivity contribution is -0.128. The third kappa shape index (κ3) is 3.24. The smallest absolute Gasteiger partial charge is 0.239 e. The Balaban J connectivity index is 2.08. The molecule has 0 aliphatic carbocycles. The van der Waals surface area contributed by atoms with Crippen molar-refractivity contribution in [2.75, 3.05) is 31.6 Å². The van der Waals surface area contributed by atoms with E-state index in [4.69, 9.17) is 6.42 Å². The average molecular weight is 212 g/mol. The quantitative estimate of drug-likeness (QED) is 0.521. The van der Waals surface area contributed by atoms with Gasteiger partial charge in [-0.1, -0.05) is 5.92 Å². The molecule has 0 saturated carbocycles. The number of nitrogens with one attached hydrogen (secondary N) is 1. The Morgan fingerprint density at radius 3 is 3.14 bits per heavy atom. The third-order valence-electron chi connectivity index (χ3n) is 2.25. The van der Waals surface area contributed by atoms with Gasteiger partial charge in [-0.3, -0.25) is 4.79 Å². The van der Waals surface area contributed by atoms with Gasteiger partial charge < -0.3 is 10.2 Å². The van der Waals surface area contributed by atoms with Crippen LogP contribution < -0.4 is 5.32 Å². The maximum absolute atomic E-state index is 11.4. The largest absolute Gasteiger partial charge is 0.344 e. The zero-order chi connectivity index (χ0) is 10.4. The summed E-state index contributed by atoms with van der Waals surface area (Å²) in [5.41, 5.74) is 0. The van der Waals surface area contributed by atoms with Gasteiger partial charge in [0.2, 0.25) is 5.91 Å². The fraction of sp³-hybridized carbons (Fsp3) is 0.700. The van der Waals surface area contributed by atoms with Crippen molar-refractivity contribution in [3.63, 3.8) is 0 Å². The van der Waals surface area contributed by atoms with E-state index < -0.39 is 0 Å². The van der Waals surface area contributed by atoms with Crippen molar-refractivity contribution in [1.82, 2.24) is 10.2 Å². The summed E-state index contributed by atoms with van der Waals surface area (Å²) in [5.74, 6) is 4.51. The molecular formula is C10H16N2OS. The van der Waals surface area contributed by atoms with Crippen molar-refractivity contribution in [3.8, 4) is 12.3 Å². The first-order valence-electron chi connectivity index (χ1n) is 4.75. The van der Waals surface area contributed by atoms with Crippen LogP contribution in [0.25, 0.3) is 0 Å². The number of likely N-dealkylation sites (tertiary alicyclic amines) is 1. The summed E-state index contributed by atoms with van der Waals surface area (Å²) < 4.78 is 0. The van der Waals surface area contributed by atoms with Gasteiger partial charge in [-0.25, -0.2) is 0 Å². The van der Waals surface area contributed by atoms with E-state index in [1.165, 1.54) is 0 Å². The first-order chi connectivity index (χ1) is 6.75. The lowest BCUT2D eigenvalue weighted by Gasteiger charge is -2.11. The molecule has 1 aliphatic heterocycles. The SMILES string of the molecule is C#CCSCCNC1CCN(C)C1=O. The van der Waals surface area contributed by atoms with Crippen LogP contribution in [-0.2, 0) is 4.79 Å². The summed E-state index contributed by atoms with van der Waals surface area (Å²) in [5, 5.41) is 3.24. The molecule has 0 spiro atoms. The highest BCUT2D eigenvalue weighted by Gasteiger charge is 2.27. The van der Waals surface area contributed by atoms with Crippen LogP contribution in [0.2, 0.25) is 0 Å². The van der Waals surface area contributed by atoms with Crippen molar-refractivity contribution in [2.45, 2.75) is 12.5 Å². The molecule has 4 heteroatoms. The molecule has 1 fully saturated rings. The number of carbonyl (C=O) groups is 1. The highest BCUT2D eigenvalue weighted by molar-refractivity contribution is 7.99. The highest BCUT2D eigenvalue weighted by atomic mass is 32.2. The minimum atomic E-state index is 0.0337. The van der Waals surface area contributed by atoms with Gasteiger partial charge in [-0.05, 0) is 6.42 Å². The summed E-state index contributed by atoms with van der Waals surface area (Å²) in [6.07, 6.45) is 6.05. The van der Waals surface area contributed by atoms with Crippen LogP contribution >= 0.6 is 11.8 Å². The number of thioether (sulfide) groups is 1. The Morgan fingerprint density at radius 1 is 1.79 bits per heavy atom. The van der Waals surface area contributed by atoms with Gasteiger partial charge in [-0.15, -0.1) is 18.2 Å². The van der Waals surface area contributed by atoms with Gasteiger partial charge in [-0.2, -0.15) is 0 Å². The number of hydrogen-bond donors (Lipinski definition) is 1. The molecule has 1 saturated heterocycles. The van der Waals surface area contributed by atoms with Crippen molar-refractivity contribution < 1.29 is 4.79 Å². The van der Waals surface area contributed by atoms with Crippen LogP contribution in [0, 0.1) is 12.3 Å². The molecule has 3 nitrogen and oxygen atoms in total. The van der Waals surface area contributed by atoms with Crippen molar-refractivity contribution in [3.05, 3.63) is 0 Å². The second-order valence-corrected chi connectivity index (χ2v) is 4.42. The van der Waals surface area contributed by atoms with Crippen LogP contribution in [0.1, 0.15) is 6.42 Å². The first kappa shape index (κ1) is 11.4. The molecule has 1 atom stereocenters. The number of amides is 1. The molecule has 14 heavy (non-hydrogen) atoms. The highest BCUT2D eigenvalue weighted by Crippen LogP contribution is 2.08. The standard InChI is InChI=1S/C10H16N2OS/c1-3-7-14-8-5-11-9-4-6-12(2)10(9)13/h1,9,11H,4-8H2,2H3. The monoisotopic (exact) mass is 212 g/mol. The molecule has 1 heterocycles. The van der Waals surface area contributed by atoms with Crippen LogP contribution in [0.5, 0.6) is 0 Å². The molecule has 1 N–H and O–H groups in total. The summed E-state index contributed by atoms with van der Waals surface area (Å²) >= 11 is 1.72. The fourth-order valence-corrected chi connectivity index (χ4v) is 1.97. The lowest BCUT2D eigenvalue weighted by atomic mass is 10.2. The van der Waals surface area contributed by atoms with E-state index in [1.807, 2.05) is 7.05 Å². The van der Waals surface area contributed by atoms with Crippen molar-refractivity contribution >= 4 is 17.7 Å². The Morgan fingerprint density at radius 2 is 2.57 bits per heavy atom. The van der Waals surface area contributed by atoms with Gasteiger partial charge in [0, 0.05) is 25.9 Å².